The Labute approximate surface area is 128 Å². The van der Waals surface area contributed by atoms with Crippen molar-refractivity contribution < 1.29 is 19.4 Å². The van der Waals surface area contributed by atoms with Gasteiger partial charge in [-0.1, -0.05) is 51.5 Å². The lowest BCUT2D eigenvalue weighted by Crippen LogP contribution is -2.12. The van der Waals surface area contributed by atoms with Gasteiger partial charge in [-0.05, 0) is 25.2 Å². The second kappa shape index (κ2) is 9.42. The van der Waals surface area contributed by atoms with Crippen LogP contribution in [-0.2, 0) is 9.36 Å². The van der Waals surface area contributed by atoms with Crippen molar-refractivity contribution in [3.8, 4) is 0 Å². The van der Waals surface area contributed by atoms with E-state index in [4.69, 9.17) is 0 Å². The molecule has 5 heteroatoms. The average molecular weight is 316 g/mol. The topological polar surface area (TPSA) is 74.6 Å². The maximum Gasteiger partial charge on any atom is 0.331 e. The summed E-state index contributed by atoms with van der Waals surface area (Å²) in [5.74, 6) is -0.770. The van der Waals surface area contributed by atoms with Gasteiger partial charge in [0.05, 0.1) is 6.16 Å². The smallest absolute Gasteiger partial charge is 0.331 e. The number of aliphatic carboxylic acids is 1. The Hall–Kier alpha value is -0.600. The van der Waals surface area contributed by atoms with E-state index < -0.39 is 13.3 Å². The molecule has 1 aliphatic carbocycles. The minimum atomic E-state index is -3.36. The summed E-state index contributed by atoms with van der Waals surface area (Å²) in [6.45, 7) is 2.09. The van der Waals surface area contributed by atoms with Gasteiger partial charge in [0.1, 0.15) is 0 Å². The third-order valence-corrected chi connectivity index (χ3v) is 5.99. The molecule has 1 aliphatic rings. The van der Waals surface area contributed by atoms with Crippen molar-refractivity contribution in [1.29, 1.82) is 0 Å². The van der Waals surface area contributed by atoms with Crippen LogP contribution in [0, 0.1) is 5.92 Å². The van der Waals surface area contributed by atoms with Crippen LogP contribution in [0.2, 0.25) is 0 Å². The van der Waals surface area contributed by atoms with E-state index in [2.05, 4.69) is 6.92 Å². The summed E-state index contributed by atoms with van der Waals surface area (Å²) in [6, 6.07) is 0. The molecule has 0 radical (unpaired) electrons. The largest absolute Gasteiger partial charge is 0.478 e. The van der Waals surface area contributed by atoms with Gasteiger partial charge < -0.3 is 10.00 Å². The predicted molar refractivity (Wildman–Crippen MR) is 86.0 cm³/mol. The highest BCUT2D eigenvalue weighted by Gasteiger charge is 2.24. The van der Waals surface area contributed by atoms with Gasteiger partial charge in [-0.2, -0.15) is 0 Å². The molecular formula is C16H29O4P. The molecule has 0 spiro atoms. The second-order valence-electron chi connectivity index (χ2n) is 6.18. The first-order valence-corrected chi connectivity index (χ1v) is 10.2. The lowest BCUT2D eigenvalue weighted by atomic mass is 9.88. The normalized spacial score (nSPS) is 20.2. The number of unbranched alkanes of at least 4 members (excludes halogenated alkanes) is 3. The molecular weight excluding hydrogens is 287 g/mol. The van der Waals surface area contributed by atoms with Gasteiger partial charge in [-0.3, -0.25) is 4.57 Å². The van der Waals surface area contributed by atoms with Crippen molar-refractivity contribution in [3.05, 3.63) is 11.6 Å². The van der Waals surface area contributed by atoms with Gasteiger partial charge >= 0.3 is 5.97 Å². The highest BCUT2D eigenvalue weighted by atomic mass is 31.2. The van der Waals surface area contributed by atoms with E-state index in [1.54, 1.807) is 6.08 Å². The van der Waals surface area contributed by atoms with Crippen LogP contribution >= 0.6 is 7.37 Å². The number of rotatable bonds is 9. The molecule has 1 saturated carbocycles. The van der Waals surface area contributed by atoms with E-state index in [1.165, 1.54) is 6.42 Å². The maximum absolute atomic E-state index is 12.2. The minimum Gasteiger partial charge on any atom is -0.478 e. The van der Waals surface area contributed by atoms with Crippen molar-refractivity contribution in [2.45, 2.75) is 64.7 Å². The first-order chi connectivity index (χ1) is 9.94. The van der Waals surface area contributed by atoms with Crippen LogP contribution in [0.5, 0.6) is 0 Å². The number of carboxylic acid groups (broad SMARTS) is 1. The Kier molecular flexibility index (Phi) is 8.28. The average Bonchev–Trinajstić information content (AvgIpc) is 2.44. The van der Waals surface area contributed by atoms with Gasteiger partial charge in [-0.15, -0.1) is 0 Å². The van der Waals surface area contributed by atoms with Crippen LogP contribution in [0.25, 0.3) is 0 Å². The van der Waals surface area contributed by atoms with Crippen molar-refractivity contribution >= 4 is 13.3 Å². The molecule has 122 valence electrons. The van der Waals surface area contributed by atoms with E-state index in [-0.39, 0.29) is 23.8 Å². The summed E-state index contributed by atoms with van der Waals surface area (Å²) in [4.78, 5) is 21.3. The molecule has 1 atom stereocenters. The Morgan fingerprint density at radius 1 is 1.19 bits per heavy atom. The van der Waals surface area contributed by atoms with Gasteiger partial charge in [0.15, 0.2) is 0 Å². The van der Waals surface area contributed by atoms with Crippen molar-refractivity contribution in [2.75, 3.05) is 12.3 Å². The van der Waals surface area contributed by atoms with Crippen LogP contribution < -0.4 is 0 Å². The summed E-state index contributed by atoms with van der Waals surface area (Å²) in [5.41, 5.74) is 0.142. The number of allylic oxidation sites excluding steroid dienone is 1. The van der Waals surface area contributed by atoms with Crippen LogP contribution in [0.1, 0.15) is 64.7 Å². The van der Waals surface area contributed by atoms with Crippen LogP contribution in [0.4, 0.5) is 0 Å². The fraction of sp³-hybridized carbons (Fsp3) is 0.812. The standard InChI is InChI=1S/C16H29O4P/c1-2-3-4-8-11-21(19,20)13-15(16(17)18)12-14-9-6-5-7-10-14/h12,14H,2-11,13H2,1H3,(H,17,18)(H,19,20)/b15-12-. The minimum absolute atomic E-state index is 0.142. The van der Waals surface area contributed by atoms with Crippen LogP contribution in [0.15, 0.2) is 11.6 Å². The van der Waals surface area contributed by atoms with Crippen molar-refractivity contribution in [2.24, 2.45) is 5.92 Å². The molecule has 0 aromatic rings. The zero-order valence-electron chi connectivity index (χ0n) is 13.1. The first kappa shape index (κ1) is 18.4. The molecule has 0 aliphatic heterocycles. The number of hydrogen-bond acceptors (Lipinski definition) is 2. The third kappa shape index (κ3) is 7.82. The lowest BCUT2D eigenvalue weighted by Gasteiger charge is -2.19. The fourth-order valence-electron chi connectivity index (χ4n) is 2.91. The van der Waals surface area contributed by atoms with Gasteiger partial charge in [0, 0.05) is 11.7 Å². The Balaban J connectivity index is 2.57. The van der Waals surface area contributed by atoms with Gasteiger partial charge in [-0.25, -0.2) is 4.79 Å². The predicted octanol–water partition coefficient (Wildman–Crippen LogP) is 4.43. The fourth-order valence-corrected chi connectivity index (χ4v) is 4.56. The maximum atomic E-state index is 12.2. The zero-order valence-corrected chi connectivity index (χ0v) is 14.0. The van der Waals surface area contributed by atoms with Gasteiger partial charge in [0.25, 0.3) is 0 Å². The summed E-state index contributed by atoms with van der Waals surface area (Å²) >= 11 is 0. The number of carboxylic acids is 1. The zero-order chi connectivity index (χ0) is 15.7. The number of hydrogen-bond donors (Lipinski definition) is 2. The summed E-state index contributed by atoms with van der Waals surface area (Å²) in [6.07, 6.45) is 11.1. The van der Waals surface area contributed by atoms with Crippen LogP contribution in [-0.4, -0.2) is 28.3 Å². The lowest BCUT2D eigenvalue weighted by molar-refractivity contribution is -0.132. The van der Waals surface area contributed by atoms with E-state index >= 15 is 0 Å². The first-order valence-electron chi connectivity index (χ1n) is 8.19. The molecule has 2 N–H and O–H groups in total. The summed E-state index contributed by atoms with van der Waals surface area (Å²) < 4.78 is 12.2. The molecule has 21 heavy (non-hydrogen) atoms. The summed E-state index contributed by atoms with van der Waals surface area (Å²) in [5, 5.41) is 9.28. The molecule has 0 aromatic carbocycles. The quantitative estimate of drug-likeness (QED) is 0.375. The van der Waals surface area contributed by atoms with E-state index in [0.717, 1.165) is 44.9 Å². The molecule has 0 bridgehead atoms. The third-order valence-electron chi connectivity index (χ3n) is 4.14. The Bertz CT molecular complexity index is 397. The molecule has 0 saturated heterocycles. The summed E-state index contributed by atoms with van der Waals surface area (Å²) in [7, 11) is -3.36. The molecule has 1 rings (SSSR count). The van der Waals surface area contributed by atoms with E-state index in [9.17, 15) is 19.4 Å². The Morgan fingerprint density at radius 3 is 2.43 bits per heavy atom. The highest BCUT2D eigenvalue weighted by Crippen LogP contribution is 2.44. The van der Waals surface area contributed by atoms with Crippen LogP contribution in [0.3, 0.4) is 0 Å². The number of carbonyl (C=O) groups is 1. The molecule has 4 nitrogen and oxygen atoms in total. The molecule has 0 heterocycles. The molecule has 0 aromatic heterocycles. The van der Waals surface area contributed by atoms with Crippen molar-refractivity contribution in [3.63, 3.8) is 0 Å². The molecule has 0 amide bonds. The SMILES string of the molecule is CCCCCCP(=O)(O)C/C(=C/C1CCCCC1)C(=O)O. The van der Waals surface area contributed by atoms with E-state index in [0.29, 0.717) is 6.42 Å². The molecule has 1 fully saturated rings. The van der Waals surface area contributed by atoms with E-state index in [1.807, 2.05) is 0 Å². The Morgan fingerprint density at radius 2 is 1.86 bits per heavy atom. The van der Waals surface area contributed by atoms with Gasteiger partial charge in [0.2, 0.25) is 7.37 Å². The highest BCUT2D eigenvalue weighted by molar-refractivity contribution is 7.58. The van der Waals surface area contributed by atoms with Crippen molar-refractivity contribution in [1.82, 2.24) is 0 Å². The molecule has 1 unspecified atom stereocenters. The monoisotopic (exact) mass is 316 g/mol. The second-order valence-corrected chi connectivity index (χ2v) is 8.64.